The highest BCUT2D eigenvalue weighted by molar-refractivity contribution is 5.78. The van der Waals surface area contributed by atoms with E-state index in [1.54, 1.807) is 0 Å². The zero-order chi connectivity index (χ0) is 9.14. The van der Waals surface area contributed by atoms with Crippen molar-refractivity contribution in [1.82, 2.24) is 4.90 Å². The SMILES string of the molecule is CCC1CCN(C(=O)C(C)C)C1. The average Bonchev–Trinajstić information content (AvgIpc) is 2.50. The molecule has 1 amide bonds. The summed E-state index contributed by atoms with van der Waals surface area (Å²) in [5.74, 6) is 1.25. The maximum atomic E-state index is 11.5. The summed E-state index contributed by atoms with van der Waals surface area (Å²) in [6, 6.07) is 0. The van der Waals surface area contributed by atoms with Crippen molar-refractivity contribution in [2.45, 2.75) is 33.6 Å². The molecule has 2 nitrogen and oxygen atoms in total. The largest absolute Gasteiger partial charge is 0.342 e. The molecule has 0 spiro atoms. The first kappa shape index (κ1) is 9.56. The lowest BCUT2D eigenvalue weighted by atomic mass is 10.1. The molecule has 0 aromatic heterocycles. The van der Waals surface area contributed by atoms with Gasteiger partial charge in [-0.1, -0.05) is 27.2 Å². The summed E-state index contributed by atoms with van der Waals surface area (Å²) in [5.41, 5.74) is 0. The van der Waals surface area contributed by atoms with Crippen molar-refractivity contribution in [3.8, 4) is 0 Å². The highest BCUT2D eigenvalue weighted by atomic mass is 16.2. The molecule has 1 unspecified atom stereocenters. The Morgan fingerprint density at radius 2 is 2.25 bits per heavy atom. The molecule has 0 aliphatic carbocycles. The second-order valence-corrected chi connectivity index (χ2v) is 4.00. The Morgan fingerprint density at radius 3 is 2.67 bits per heavy atom. The minimum Gasteiger partial charge on any atom is -0.342 e. The van der Waals surface area contributed by atoms with Gasteiger partial charge in [0.15, 0.2) is 0 Å². The van der Waals surface area contributed by atoms with Crippen LogP contribution in [0.1, 0.15) is 33.6 Å². The zero-order valence-electron chi connectivity index (χ0n) is 8.34. The van der Waals surface area contributed by atoms with Crippen molar-refractivity contribution in [2.24, 2.45) is 11.8 Å². The number of rotatable bonds is 2. The van der Waals surface area contributed by atoms with E-state index in [9.17, 15) is 4.79 Å². The van der Waals surface area contributed by atoms with Gasteiger partial charge in [0.05, 0.1) is 0 Å². The monoisotopic (exact) mass is 169 g/mol. The third-order valence-electron chi connectivity index (χ3n) is 2.67. The number of likely N-dealkylation sites (tertiary alicyclic amines) is 1. The molecule has 0 N–H and O–H groups in total. The van der Waals surface area contributed by atoms with Gasteiger partial charge in [0.25, 0.3) is 0 Å². The van der Waals surface area contributed by atoms with E-state index in [4.69, 9.17) is 0 Å². The van der Waals surface area contributed by atoms with E-state index in [-0.39, 0.29) is 5.92 Å². The molecule has 0 radical (unpaired) electrons. The summed E-state index contributed by atoms with van der Waals surface area (Å²) in [6.07, 6.45) is 2.41. The highest BCUT2D eigenvalue weighted by Crippen LogP contribution is 2.20. The summed E-state index contributed by atoms with van der Waals surface area (Å²) in [4.78, 5) is 13.5. The van der Waals surface area contributed by atoms with Crippen LogP contribution in [0.2, 0.25) is 0 Å². The highest BCUT2D eigenvalue weighted by Gasteiger charge is 2.25. The lowest BCUT2D eigenvalue weighted by Gasteiger charge is -2.18. The van der Waals surface area contributed by atoms with Crippen LogP contribution in [0.25, 0.3) is 0 Å². The topological polar surface area (TPSA) is 20.3 Å². The van der Waals surface area contributed by atoms with Crippen molar-refractivity contribution in [3.05, 3.63) is 0 Å². The van der Waals surface area contributed by atoms with E-state index < -0.39 is 0 Å². The first-order chi connectivity index (χ1) is 5.65. The van der Waals surface area contributed by atoms with Crippen LogP contribution in [0, 0.1) is 11.8 Å². The van der Waals surface area contributed by atoms with E-state index in [1.165, 1.54) is 12.8 Å². The Bertz CT molecular complexity index is 165. The third-order valence-corrected chi connectivity index (χ3v) is 2.67. The van der Waals surface area contributed by atoms with Gasteiger partial charge in [-0.3, -0.25) is 4.79 Å². The maximum Gasteiger partial charge on any atom is 0.225 e. The van der Waals surface area contributed by atoms with Crippen molar-refractivity contribution in [2.75, 3.05) is 13.1 Å². The van der Waals surface area contributed by atoms with Gasteiger partial charge in [-0.05, 0) is 12.3 Å². The predicted octanol–water partition coefficient (Wildman–Crippen LogP) is 1.90. The van der Waals surface area contributed by atoms with E-state index >= 15 is 0 Å². The van der Waals surface area contributed by atoms with Crippen LogP contribution in [-0.4, -0.2) is 23.9 Å². The fraction of sp³-hybridized carbons (Fsp3) is 0.900. The molecule has 1 rings (SSSR count). The van der Waals surface area contributed by atoms with E-state index in [1.807, 2.05) is 18.7 Å². The van der Waals surface area contributed by atoms with Gasteiger partial charge in [-0.25, -0.2) is 0 Å². The first-order valence-corrected chi connectivity index (χ1v) is 4.94. The smallest absolute Gasteiger partial charge is 0.225 e. The maximum absolute atomic E-state index is 11.5. The molecule has 1 heterocycles. The standard InChI is InChI=1S/C10H19NO/c1-4-9-5-6-11(7-9)10(12)8(2)3/h8-9H,4-7H2,1-3H3. The van der Waals surface area contributed by atoms with Crippen molar-refractivity contribution >= 4 is 5.91 Å². The molecule has 0 bridgehead atoms. The summed E-state index contributed by atoms with van der Waals surface area (Å²) in [6.45, 7) is 8.13. The number of hydrogen-bond donors (Lipinski definition) is 0. The molecule has 1 atom stereocenters. The molecular formula is C10H19NO. The fourth-order valence-corrected chi connectivity index (χ4v) is 1.73. The predicted molar refractivity (Wildman–Crippen MR) is 49.8 cm³/mol. The van der Waals surface area contributed by atoms with E-state index in [0.29, 0.717) is 5.91 Å². The molecule has 1 fully saturated rings. The normalized spacial score (nSPS) is 23.7. The van der Waals surface area contributed by atoms with Crippen LogP contribution in [0.15, 0.2) is 0 Å². The minimum absolute atomic E-state index is 0.167. The van der Waals surface area contributed by atoms with Gasteiger partial charge < -0.3 is 4.90 Å². The van der Waals surface area contributed by atoms with Crippen LogP contribution >= 0.6 is 0 Å². The molecule has 1 aliphatic heterocycles. The van der Waals surface area contributed by atoms with Crippen LogP contribution < -0.4 is 0 Å². The summed E-state index contributed by atoms with van der Waals surface area (Å²) >= 11 is 0. The molecule has 70 valence electrons. The van der Waals surface area contributed by atoms with Crippen molar-refractivity contribution in [1.29, 1.82) is 0 Å². The van der Waals surface area contributed by atoms with Gasteiger partial charge in [0.1, 0.15) is 0 Å². The van der Waals surface area contributed by atoms with Gasteiger partial charge in [0.2, 0.25) is 5.91 Å². The fourth-order valence-electron chi connectivity index (χ4n) is 1.73. The Morgan fingerprint density at radius 1 is 1.58 bits per heavy atom. The van der Waals surface area contributed by atoms with Crippen LogP contribution in [-0.2, 0) is 4.79 Å². The van der Waals surface area contributed by atoms with Gasteiger partial charge in [0, 0.05) is 19.0 Å². The van der Waals surface area contributed by atoms with Crippen molar-refractivity contribution < 1.29 is 4.79 Å². The van der Waals surface area contributed by atoms with Gasteiger partial charge in [-0.15, -0.1) is 0 Å². The quantitative estimate of drug-likeness (QED) is 0.618. The lowest BCUT2D eigenvalue weighted by Crippen LogP contribution is -2.32. The lowest BCUT2D eigenvalue weighted by molar-refractivity contribution is -0.133. The number of amides is 1. The van der Waals surface area contributed by atoms with Crippen molar-refractivity contribution in [3.63, 3.8) is 0 Å². The molecule has 0 saturated carbocycles. The van der Waals surface area contributed by atoms with E-state index in [2.05, 4.69) is 6.92 Å². The number of carbonyl (C=O) groups excluding carboxylic acids is 1. The second kappa shape index (κ2) is 3.92. The Labute approximate surface area is 74.9 Å². The first-order valence-electron chi connectivity index (χ1n) is 4.94. The Hall–Kier alpha value is -0.530. The van der Waals surface area contributed by atoms with Crippen LogP contribution in [0.5, 0.6) is 0 Å². The minimum atomic E-state index is 0.167. The third kappa shape index (κ3) is 1.99. The summed E-state index contributed by atoms with van der Waals surface area (Å²) < 4.78 is 0. The number of carbonyl (C=O) groups is 1. The molecule has 0 aromatic carbocycles. The van der Waals surface area contributed by atoms with Crippen LogP contribution in [0.4, 0.5) is 0 Å². The Balaban J connectivity index is 2.41. The van der Waals surface area contributed by atoms with Crippen LogP contribution in [0.3, 0.4) is 0 Å². The summed E-state index contributed by atoms with van der Waals surface area (Å²) in [7, 11) is 0. The Kier molecular flexibility index (Phi) is 3.12. The molecule has 1 saturated heterocycles. The molecule has 1 aliphatic rings. The molecular weight excluding hydrogens is 150 g/mol. The average molecular weight is 169 g/mol. The number of hydrogen-bond acceptors (Lipinski definition) is 1. The molecule has 0 aromatic rings. The molecule has 12 heavy (non-hydrogen) atoms. The second-order valence-electron chi connectivity index (χ2n) is 4.00. The summed E-state index contributed by atoms with van der Waals surface area (Å²) in [5, 5.41) is 0. The van der Waals surface area contributed by atoms with E-state index in [0.717, 1.165) is 19.0 Å². The van der Waals surface area contributed by atoms with Gasteiger partial charge in [-0.2, -0.15) is 0 Å². The number of nitrogens with zero attached hydrogens (tertiary/aromatic N) is 1. The van der Waals surface area contributed by atoms with Gasteiger partial charge >= 0.3 is 0 Å². The molecule has 2 heteroatoms. The zero-order valence-corrected chi connectivity index (χ0v) is 8.34.